The molecule has 5 rings (SSSR count). The zero-order chi connectivity index (χ0) is 30.7. The highest BCUT2D eigenvalue weighted by Crippen LogP contribution is 2.32. The second-order valence-electron chi connectivity index (χ2n) is 9.57. The minimum Gasteiger partial charge on any atom is -0.491 e. The van der Waals surface area contributed by atoms with Gasteiger partial charge in [0.15, 0.2) is 0 Å². The van der Waals surface area contributed by atoms with Gasteiger partial charge in [-0.15, -0.1) is 0 Å². The van der Waals surface area contributed by atoms with Gasteiger partial charge in [0.25, 0.3) is 0 Å². The molecule has 0 aliphatic rings. The number of rotatable bonds is 15. The van der Waals surface area contributed by atoms with Gasteiger partial charge in [-0.25, -0.2) is 19.2 Å². The van der Waals surface area contributed by atoms with Crippen molar-refractivity contribution in [3.63, 3.8) is 0 Å². The Morgan fingerprint density at radius 3 is 2.43 bits per heavy atom. The molecule has 0 saturated carbocycles. The van der Waals surface area contributed by atoms with Crippen LogP contribution >= 0.6 is 11.6 Å². The van der Waals surface area contributed by atoms with E-state index in [1.807, 2.05) is 48.5 Å². The van der Waals surface area contributed by atoms with E-state index in [0.29, 0.717) is 47.7 Å². The molecule has 1 heterocycles. The average Bonchev–Trinajstić information content (AvgIpc) is 3.02. The topological polar surface area (TPSA) is 112 Å². The zero-order valence-corrected chi connectivity index (χ0v) is 24.3. The number of carboxylic acids is 1. The van der Waals surface area contributed by atoms with Gasteiger partial charge >= 0.3 is 5.97 Å². The largest absolute Gasteiger partial charge is 0.491 e. The summed E-state index contributed by atoms with van der Waals surface area (Å²) in [5, 5.41) is 13.1. The van der Waals surface area contributed by atoms with Crippen molar-refractivity contribution in [3.05, 3.63) is 108 Å². The number of carbonyl (C=O) groups is 1. The number of ether oxygens (including phenoxy) is 4. The Morgan fingerprint density at radius 2 is 1.64 bits per heavy atom. The Morgan fingerprint density at radius 1 is 0.841 bits per heavy atom. The summed E-state index contributed by atoms with van der Waals surface area (Å²) < 4.78 is 35.3. The van der Waals surface area contributed by atoms with Gasteiger partial charge in [0.1, 0.15) is 49.3 Å². The van der Waals surface area contributed by atoms with Crippen LogP contribution < -0.4 is 14.8 Å². The molecule has 226 valence electrons. The quantitative estimate of drug-likeness (QED) is 0.121. The third-order valence-electron chi connectivity index (χ3n) is 6.39. The van der Waals surface area contributed by atoms with Gasteiger partial charge in [0.05, 0.1) is 30.4 Å². The van der Waals surface area contributed by atoms with Crippen LogP contribution in [-0.2, 0) is 20.9 Å². The van der Waals surface area contributed by atoms with Gasteiger partial charge in [-0.1, -0.05) is 41.9 Å². The molecular weight excluding hydrogens is 589 g/mol. The monoisotopic (exact) mass is 617 g/mol. The summed E-state index contributed by atoms with van der Waals surface area (Å²) >= 11 is 6.49. The predicted molar refractivity (Wildman–Crippen MR) is 165 cm³/mol. The van der Waals surface area contributed by atoms with Crippen molar-refractivity contribution in [1.82, 2.24) is 9.97 Å². The lowest BCUT2D eigenvalue weighted by molar-refractivity contribution is -0.142. The molecule has 0 radical (unpaired) electrons. The lowest BCUT2D eigenvalue weighted by Crippen LogP contribution is -2.13. The third-order valence-corrected chi connectivity index (χ3v) is 6.69. The molecule has 0 bridgehead atoms. The van der Waals surface area contributed by atoms with Crippen LogP contribution in [0.1, 0.15) is 5.56 Å². The number of hydrogen-bond donors (Lipinski definition) is 2. The number of fused-ring (bicyclic) bond motifs is 1. The summed E-state index contributed by atoms with van der Waals surface area (Å²) in [6.07, 6.45) is 1.50. The van der Waals surface area contributed by atoms with E-state index in [-0.39, 0.29) is 25.6 Å². The van der Waals surface area contributed by atoms with Crippen LogP contribution in [0.2, 0.25) is 5.02 Å². The number of anilines is 2. The van der Waals surface area contributed by atoms with Gasteiger partial charge in [-0.05, 0) is 71.3 Å². The predicted octanol–water partition coefficient (Wildman–Crippen LogP) is 6.91. The molecule has 44 heavy (non-hydrogen) atoms. The van der Waals surface area contributed by atoms with E-state index in [4.69, 9.17) is 35.7 Å². The molecule has 2 N–H and O–H groups in total. The van der Waals surface area contributed by atoms with E-state index in [2.05, 4.69) is 15.3 Å². The number of nitrogens with one attached hydrogen (secondary N) is 1. The first kappa shape index (κ1) is 30.7. The summed E-state index contributed by atoms with van der Waals surface area (Å²) in [5.41, 5.74) is 4.17. The van der Waals surface area contributed by atoms with Gasteiger partial charge in [-0.2, -0.15) is 0 Å². The highest BCUT2D eigenvalue weighted by Gasteiger charge is 2.10. The number of hydrogen-bond acceptors (Lipinski definition) is 8. The second kappa shape index (κ2) is 15.1. The van der Waals surface area contributed by atoms with E-state index >= 15 is 0 Å². The lowest BCUT2D eigenvalue weighted by atomic mass is 10.0. The molecule has 5 aromatic rings. The molecule has 0 aliphatic heterocycles. The molecule has 0 fully saturated rings. The molecule has 0 unspecified atom stereocenters. The van der Waals surface area contributed by atoms with Crippen LogP contribution in [0.15, 0.2) is 91.3 Å². The van der Waals surface area contributed by atoms with E-state index in [0.717, 1.165) is 27.7 Å². The Kier molecular flexibility index (Phi) is 10.5. The Balaban J connectivity index is 1.19. The number of nitrogens with zero attached hydrogens (tertiary/aromatic N) is 2. The molecule has 0 aliphatic carbocycles. The van der Waals surface area contributed by atoms with E-state index in [1.54, 1.807) is 24.3 Å². The maximum atomic E-state index is 13.5. The maximum Gasteiger partial charge on any atom is 0.329 e. The van der Waals surface area contributed by atoms with Crippen LogP contribution in [-0.4, -0.2) is 54.1 Å². The molecule has 0 amide bonds. The molecule has 1 aromatic heterocycles. The van der Waals surface area contributed by atoms with Crippen LogP contribution in [0.5, 0.6) is 11.5 Å². The van der Waals surface area contributed by atoms with E-state index in [1.165, 1.54) is 18.5 Å². The first-order chi connectivity index (χ1) is 21.4. The summed E-state index contributed by atoms with van der Waals surface area (Å²) in [4.78, 5) is 19.3. The van der Waals surface area contributed by atoms with Gasteiger partial charge < -0.3 is 29.4 Å². The Bertz CT molecular complexity index is 1720. The first-order valence-corrected chi connectivity index (χ1v) is 14.1. The minimum absolute atomic E-state index is 0.193. The Hall–Kier alpha value is -4.77. The van der Waals surface area contributed by atoms with Gasteiger partial charge in [-0.3, -0.25) is 0 Å². The fourth-order valence-electron chi connectivity index (χ4n) is 4.30. The number of carboxylic acid groups (broad SMARTS) is 1. The van der Waals surface area contributed by atoms with E-state index < -0.39 is 5.97 Å². The van der Waals surface area contributed by atoms with Gasteiger partial charge in [0.2, 0.25) is 0 Å². The molecule has 11 heteroatoms. The van der Waals surface area contributed by atoms with Crippen LogP contribution in [0, 0.1) is 5.82 Å². The Labute approximate surface area is 258 Å². The molecule has 0 spiro atoms. The minimum atomic E-state index is -1.01. The summed E-state index contributed by atoms with van der Waals surface area (Å²) in [6.45, 7) is 1.07. The van der Waals surface area contributed by atoms with Crippen LogP contribution in [0.25, 0.3) is 22.0 Å². The van der Waals surface area contributed by atoms with Crippen molar-refractivity contribution in [2.24, 2.45) is 0 Å². The highest BCUT2D eigenvalue weighted by atomic mass is 35.5. The summed E-state index contributed by atoms with van der Waals surface area (Å²) in [6, 6.07) is 25.2. The first-order valence-electron chi connectivity index (χ1n) is 13.7. The fraction of sp³-hybridized carbons (Fsp3) is 0.182. The SMILES string of the molecule is O=C(O)COCCOCCOc1ccc(-c2ccc3ncnc(Nc4ccc(OCc5cccc(F)c5)c(Cl)c4)c3c2)cc1. The van der Waals surface area contributed by atoms with Crippen molar-refractivity contribution in [1.29, 1.82) is 0 Å². The lowest BCUT2D eigenvalue weighted by Gasteiger charge is -2.13. The molecule has 4 aromatic carbocycles. The van der Waals surface area contributed by atoms with Gasteiger partial charge in [0, 0.05) is 11.1 Å². The standard InChI is InChI=1S/C33H29ClFN3O6/c34-29-18-26(7-11-31(29)44-19-22-2-1-3-25(35)16-22)38-33-28-17-24(6-10-30(28)36-21-37-33)23-4-8-27(9-5-23)43-15-14-41-12-13-42-20-32(39)40/h1-11,16-18,21H,12-15,19-20H2,(H,39,40)(H,36,37,38). The van der Waals surface area contributed by atoms with Crippen molar-refractivity contribution in [2.75, 3.05) is 38.4 Å². The number of halogens is 2. The summed E-state index contributed by atoms with van der Waals surface area (Å²) in [5.74, 6) is 0.478. The number of aliphatic carboxylic acids is 1. The fourth-order valence-corrected chi connectivity index (χ4v) is 4.53. The maximum absolute atomic E-state index is 13.5. The number of aromatic nitrogens is 2. The number of benzene rings is 4. The van der Waals surface area contributed by atoms with E-state index in [9.17, 15) is 9.18 Å². The summed E-state index contributed by atoms with van der Waals surface area (Å²) in [7, 11) is 0. The van der Waals surface area contributed by atoms with Crippen molar-refractivity contribution < 1.29 is 33.2 Å². The molecule has 0 atom stereocenters. The molecule has 0 saturated heterocycles. The molecular formula is C33H29ClFN3O6. The smallest absolute Gasteiger partial charge is 0.329 e. The third kappa shape index (κ3) is 8.63. The zero-order valence-electron chi connectivity index (χ0n) is 23.5. The highest BCUT2D eigenvalue weighted by molar-refractivity contribution is 6.32. The normalized spacial score (nSPS) is 11.0. The average molecular weight is 618 g/mol. The second-order valence-corrected chi connectivity index (χ2v) is 9.98. The van der Waals surface area contributed by atoms with Crippen LogP contribution in [0.3, 0.4) is 0 Å². The van der Waals surface area contributed by atoms with Crippen LogP contribution in [0.4, 0.5) is 15.9 Å². The molecule has 9 nitrogen and oxygen atoms in total. The van der Waals surface area contributed by atoms with Crippen molar-refractivity contribution in [2.45, 2.75) is 6.61 Å². The van der Waals surface area contributed by atoms with Crippen molar-refractivity contribution >= 4 is 40.0 Å². The van der Waals surface area contributed by atoms with Crippen molar-refractivity contribution in [3.8, 4) is 22.6 Å².